The van der Waals surface area contributed by atoms with E-state index in [1.165, 1.54) is 0 Å². The van der Waals surface area contributed by atoms with Crippen molar-refractivity contribution in [1.82, 2.24) is 14.6 Å². The zero-order chi connectivity index (χ0) is 19.1. The van der Waals surface area contributed by atoms with Gasteiger partial charge in [0, 0.05) is 40.1 Å². The summed E-state index contributed by atoms with van der Waals surface area (Å²) in [4.78, 5) is 4.20. The van der Waals surface area contributed by atoms with Gasteiger partial charge in [-0.25, -0.2) is 4.98 Å². The molecule has 0 unspecified atom stereocenters. The van der Waals surface area contributed by atoms with Crippen LogP contribution in [0.25, 0.3) is 0 Å². The minimum Gasteiger partial charge on any atom is -0.326 e. The van der Waals surface area contributed by atoms with E-state index in [4.69, 9.17) is 51.5 Å². The highest BCUT2D eigenvalue weighted by Gasteiger charge is 2.40. The third kappa shape index (κ3) is 3.43. The maximum Gasteiger partial charge on any atom is 0.105 e. The van der Waals surface area contributed by atoms with Crippen LogP contribution in [0.3, 0.4) is 0 Å². The van der Waals surface area contributed by atoms with Gasteiger partial charge in [-0.3, -0.25) is 5.01 Å². The van der Waals surface area contributed by atoms with Gasteiger partial charge in [0.05, 0.1) is 23.1 Å². The number of nitrogens with zero attached hydrogens (tertiary/aromatic N) is 4. The molecule has 0 aliphatic carbocycles. The summed E-state index contributed by atoms with van der Waals surface area (Å²) in [6.07, 6.45) is 5.40. The minimum absolute atomic E-state index is 0.147. The molecule has 0 saturated carbocycles. The Morgan fingerprint density at radius 1 is 0.889 bits per heavy atom. The van der Waals surface area contributed by atoms with Crippen molar-refractivity contribution < 1.29 is 0 Å². The molecule has 1 aliphatic heterocycles. The van der Waals surface area contributed by atoms with Gasteiger partial charge in [-0.1, -0.05) is 58.5 Å². The van der Waals surface area contributed by atoms with Gasteiger partial charge in [-0.05, 0) is 29.8 Å². The number of likely N-dealkylation sites (N-methyl/N-ethyl adjacent to an activating group) is 1. The van der Waals surface area contributed by atoms with Crippen LogP contribution in [-0.2, 0) is 0 Å². The number of imidazole rings is 1. The Labute approximate surface area is 176 Å². The Morgan fingerprint density at radius 2 is 1.59 bits per heavy atom. The molecule has 2 atom stereocenters. The van der Waals surface area contributed by atoms with Crippen LogP contribution in [0.1, 0.15) is 23.2 Å². The lowest BCUT2D eigenvalue weighted by molar-refractivity contribution is 0.250. The summed E-state index contributed by atoms with van der Waals surface area (Å²) in [5.41, 5.74) is 2.55. The predicted molar refractivity (Wildman–Crippen MR) is 111 cm³/mol. The van der Waals surface area contributed by atoms with Crippen LogP contribution in [0.5, 0.6) is 0 Å². The molecule has 0 N–H and O–H groups in total. The highest BCUT2D eigenvalue weighted by Crippen LogP contribution is 2.43. The van der Waals surface area contributed by atoms with Crippen molar-refractivity contribution in [3.05, 3.63) is 86.3 Å². The summed E-state index contributed by atoms with van der Waals surface area (Å²) < 4.78 is 2.00. The molecule has 27 heavy (non-hydrogen) atoms. The number of rotatable bonds is 3. The summed E-state index contributed by atoms with van der Waals surface area (Å²) in [5, 5.41) is 8.97. The predicted octanol–water partition coefficient (Wildman–Crippen LogP) is 6.13. The second-order valence-electron chi connectivity index (χ2n) is 6.25. The van der Waals surface area contributed by atoms with E-state index >= 15 is 0 Å². The SMILES string of the molecule is CN1N=C(c2ccc(Cl)cc2Cl)[C@@H](n2ccnc2)[C@H]1c1ccc(Cl)cc1Cl. The molecule has 1 aliphatic rings. The first-order valence-electron chi connectivity index (χ1n) is 8.15. The largest absolute Gasteiger partial charge is 0.326 e. The number of hydrogen-bond donors (Lipinski definition) is 0. The molecule has 138 valence electrons. The average molecular weight is 440 g/mol. The number of hydrazone groups is 1. The topological polar surface area (TPSA) is 33.4 Å². The first-order valence-corrected chi connectivity index (χ1v) is 9.66. The molecule has 0 spiro atoms. The second kappa shape index (κ2) is 7.36. The lowest BCUT2D eigenvalue weighted by atomic mass is 9.93. The molecular weight excluding hydrogens is 426 g/mol. The zero-order valence-corrected chi connectivity index (χ0v) is 17.2. The molecule has 0 radical (unpaired) electrons. The third-order valence-corrected chi connectivity index (χ3v) is 5.69. The van der Waals surface area contributed by atoms with E-state index in [0.29, 0.717) is 20.1 Å². The Morgan fingerprint density at radius 3 is 2.22 bits per heavy atom. The Hall–Kier alpha value is -1.72. The van der Waals surface area contributed by atoms with Crippen LogP contribution in [0.15, 0.2) is 60.2 Å². The number of hydrogen-bond acceptors (Lipinski definition) is 3. The smallest absolute Gasteiger partial charge is 0.105 e. The molecule has 3 aromatic rings. The van der Waals surface area contributed by atoms with Crippen LogP contribution in [0.4, 0.5) is 0 Å². The van der Waals surface area contributed by atoms with Crippen molar-refractivity contribution in [2.24, 2.45) is 5.10 Å². The molecule has 2 heterocycles. The van der Waals surface area contributed by atoms with E-state index in [0.717, 1.165) is 16.8 Å². The van der Waals surface area contributed by atoms with Crippen molar-refractivity contribution >= 4 is 52.1 Å². The summed E-state index contributed by atoms with van der Waals surface area (Å²) in [6, 6.07) is 10.6. The van der Waals surface area contributed by atoms with Gasteiger partial charge in [0.15, 0.2) is 0 Å². The zero-order valence-electron chi connectivity index (χ0n) is 14.2. The number of benzene rings is 2. The molecule has 0 amide bonds. The first-order chi connectivity index (χ1) is 13.0. The molecule has 4 nitrogen and oxygen atoms in total. The average Bonchev–Trinajstić information content (AvgIpc) is 3.23. The number of aromatic nitrogens is 2. The fraction of sp³-hybridized carbons (Fsp3) is 0.158. The van der Waals surface area contributed by atoms with Gasteiger partial charge in [0.1, 0.15) is 6.04 Å². The van der Waals surface area contributed by atoms with Crippen molar-refractivity contribution in [1.29, 1.82) is 0 Å². The highest BCUT2D eigenvalue weighted by atomic mass is 35.5. The molecule has 0 bridgehead atoms. The van der Waals surface area contributed by atoms with Crippen molar-refractivity contribution in [3.63, 3.8) is 0 Å². The van der Waals surface area contributed by atoms with Gasteiger partial charge in [0.25, 0.3) is 0 Å². The highest BCUT2D eigenvalue weighted by molar-refractivity contribution is 6.37. The quantitative estimate of drug-likeness (QED) is 0.491. The second-order valence-corrected chi connectivity index (χ2v) is 7.94. The molecule has 4 rings (SSSR count). The maximum atomic E-state index is 6.52. The third-order valence-electron chi connectivity index (χ3n) is 4.58. The summed E-state index contributed by atoms with van der Waals surface area (Å²) in [7, 11) is 1.91. The lowest BCUT2D eigenvalue weighted by Gasteiger charge is -2.27. The van der Waals surface area contributed by atoms with Crippen LogP contribution in [0, 0.1) is 0 Å². The molecule has 0 saturated heterocycles. The van der Waals surface area contributed by atoms with Crippen LogP contribution in [0.2, 0.25) is 20.1 Å². The molecule has 1 aromatic heterocycles. The fourth-order valence-corrected chi connectivity index (χ4v) is 4.43. The normalized spacial score (nSPS) is 19.4. The Bertz CT molecular complexity index is 1020. The van der Waals surface area contributed by atoms with Crippen molar-refractivity contribution in [2.45, 2.75) is 12.1 Å². The van der Waals surface area contributed by atoms with E-state index in [1.54, 1.807) is 30.7 Å². The Balaban J connectivity index is 1.86. The van der Waals surface area contributed by atoms with E-state index in [2.05, 4.69) is 4.98 Å². The van der Waals surface area contributed by atoms with Gasteiger partial charge in [-0.15, -0.1) is 0 Å². The van der Waals surface area contributed by atoms with Crippen LogP contribution in [-0.4, -0.2) is 27.3 Å². The lowest BCUT2D eigenvalue weighted by Crippen LogP contribution is -2.26. The molecular formula is C19H14Cl4N4. The fourth-order valence-electron chi connectivity index (χ4n) is 3.41. The van der Waals surface area contributed by atoms with Gasteiger partial charge in [0.2, 0.25) is 0 Å². The van der Waals surface area contributed by atoms with E-state index in [-0.39, 0.29) is 12.1 Å². The first kappa shape index (κ1) is 18.6. The Kier molecular flexibility index (Phi) is 5.08. The van der Waals surface area contributed by atoms with Gasteiger partial charge in [-0.2, -0.15) is 5.10 Å². The van der Waals surface area contributed by atoms with E-state index in [9.17, 15) is 0 Å². The van der Waals surface area contributed by atoms with E-state index in [1.807, 2.05) is 41.0 Å². The standard InChI is InChI=1S/C19H14Cl4N4/c1-26-18(14-5-3-12(21)9-16(14)23)19(27-7-6-24-10-27)17(25-26)13-4-2-11(20)8-15(13)22/h2-10,18-19H,1H3/t18-,19-/m1/s1. The van der Waals surface area contributed by atoms with Crippen molar-refractivity contribution in [2.75, 3.05) is 7.05 Å². The van der Waals surface area contributed by atoms with Crippen LogP contribution >= 0.6 is 46.4 Å². The summed E-state index contributed by atoms with van der Waals surface area (Å²) >= 11 is 25.1. The maximum absolute atomic E-state index is 6.52. The summed E-state index contributed by atoms with van der Waals surface area (Å²) in [6.45, 7) is 0. The van der Waals surface area contributed by atoms with E-state index < -0.39 is 0 Å². The number of halogens is 4. The minimum atomic E-state index is -0.171. The molecule has 2 aromatic carbocycles. The van der Waals surface area contributed by atoms with Crippen molar-refractivity contribution in [3.8, 4) is 0 Å². The van der Waals surface area contributed by atoms with Gasteiger partial charge >= 0.3 is 0 Å². The summed E-state index contributed by atoms with van der Waals surface area (Å²) in [5.74, 6) is 0. The van der Waals surface area contributed by atoms with Crippen LogP contribution < -0.4 is 0 Å². The molecule has 0 fully saturated rings. The monoisotopic (exact) mass is 438 g/mol. The molecule has 8 heteroatoms. The van der Waals surface area contributed by atoms with Gasteiger partial charge < -0.3 is 4.57 Å².